The zero-order chi connectivity index (χ0) is 18.2. The molecule has 0 atom stereocenters. The molecule has 24 heavy (non-hydrogen) atoms. The SMILES string of the molecule is CCNC(=O)CNC(=O)CNS(=O)(=O)c1ccc(OC)c(OC)c1. The Balaban J connectivity index is 2.66. The molecule has 0 heterocycles. The Morgan fingerprint density at radius 2 is 1.62 bits per heavy atom. The van der Waals surface area contributed by atoms with Crippen molar-refractivity contribution < 1.29 is 27.5 Å². The molecule has 2 amide bonds. The fourth-order valence-corrected chi connectivity index (χ4v) is 2.73. The van der Waals surface area contributed by atoms with Gasteiger partial charge in [-0.3, -0.25) is 9.59 Å². The Morgan fingerprint density at radius 3 is 2.21 bits per heavy atom. The largest absolute Gasteiger partial charge is 0.493 e. The summed E-state index contributed by atoms with van der Waals surface area (Å²) in [6.07, 6.45) is 0. The number of likely N-dealkylation sites (N-methyl/N-ethyl adjacent to an activating group) is 1. The fourth-order valence-electron chi connectivity index (χ4n) is 1.73. The van der Waals surface area contributed by atoms with Crippen molar-refractivity contribution in [3.63, 3.8) is 0 Å². The highest BCUT2D eigenvalue weighted by Gasteiger charge is 2.18. The van der Waals surface area contributed by atoms with Crippen LogP contribution in [-0.2, 0) is 19.6 Å². The monoisotopic (exact) mass is 359 g/mol. The summed E-state index contributed by atoms with van der Waals surface area (Å²) in [5.41, 5.74) is 0. The van der Waals surface area contributed by atoms with E-state index in [1.165, 1.54) is 32.4 Å². The number of carbonyl (C=O) groups is 2. The van der Waals surface area contributed by atoms with Crippen LogP contribution in [0, 0.1) is 0 Å². The van der Waals surface area contributed by atoms with Gasteiger partial charge in [0.05, 0.1) is 32.2 Å². The summed E-state index contributed by atoms with van der Waals surface area (Å²) in [6, 6.07) is 4.06. The third-order valence-electron chi connectivity index (χ3n) is 2.91. The Hall–Kier alpha value is -2.33. The van der Waals surface area contributed by atoms with Crippen molar-refractivity contribution >= 4 is 21.8 Å². The van der Waals surface area contributed by atoms with Crippen molar-refractivity contribution in [2.24, 2.45) is 0 Å². The number of nitrogens with one attached hydrogen (secondary N) is 3. The molecule has 1 rings (SSSR count). The summed E-state index contributed by atoms with van der Waals surface area (Å²) in [7, 11) is -1.09. The van der Waals surface area contributed by atoms with Crippen molar-refractivity contribution in [3.05, 3.63) is 18.2 Å². The van der Waals surface area contributed by atoms with E-state index in [0.717, 1.165) is 0 Å². The molecule has 0 fully saturated rings. The summed E-state index contributed by atoms with van der Waals surface area (Å²) in [5.74, 6) is -0.337. The topological polar surface area (TPSA) is 123 Å². The van der Waals surface area contributed by atoms with Crippen LogP contribution < -0.4 is 24.8 Å². The molecule has 0 radical (unpaired) electrons. The number of methoxy groups -OCH3 is 2. The van der Waals surface area contributed by atoms with Crippen molar-refractivity contribution in [2.75, 3.05) is 33.9 Å². The highest BCUT2D eigenvalue weighted by Crippen LogP contribution is 2.29. The maximum Gasteiger partial charge on any atom is 0.241 e. The minimum Gasteiger partial charge on any atom is -0.493 e. The molecule has 0 aliphatic rings. The maximum absolute atomic E-state index is 12.2. The van der Waals surface area contributed by atoms with Crippen molar-refractivity contribution in [3.8, 4) is 11.5 Å². The van der Waals surface area contributed by atoms with Gasteiger partial charge in [0.15, 0.2) is 11.5 Å². The average Bonchev–Trinajstić information content (AvgIpc) is 2.57. The second-order valence-electron chi connectivity index (χ2n) is 4.57. The van der Waals surface area contributed by atoms with Crippen molar-refractivity contribution in [1.82, 2.24) is 15.4 Å². The lowest BCUT2D eigenvalue weighted by atomic mass is 10.3. The lowest BCUT2D eigenvalue weighted by Gasteiger charge is -2.11. The van der Waals surface area contributed by atoms with Crippen molar-refractivity contribution in [1.29, 1.82) is 0 Å². The van der Waals surface area contributed by atoms with Crippen LogP contribution in [0.3, 0.4) is 0 Å². The van der Waals surface area contributed by atoms with E-state index in [9.17, 15) is 18.0 Å². The van der Waals surface area contributed by atoms with Gasteiger partial charge in [-0.05, 0) is 19.1 Å². The van der Waals surface area contributed by atoms with Gasteiger partial charge in [-0.15, -0.1) is 0 Å². The number of hydrogen-bond acceptors (Lipinski definition) is 6. The lowest BCUT2D eigenvalue weighted by molar-refractivity contribution is -0.125. The molecule has 9 nitrogen and oxygen atoms in total. The van der Waals surface area contributed by atoms with Crippen LogP contribution in [-0.4, -0.2) is 54.1 Å². The van der Waals surface area contributed by atoms with E-state index in [4.69, 9.17) is 9.47 Å². The Kier molecular flexibility index (Phi) is 7.46. The van der Waals surface area contributed by atoms with E-state index in [1.54, 1.807) is 6.92 Å². The Bertz CT molecular complexity index is 690. The van der Waals surface area contributed by atoms with Gasteiger partial charge in [0.1, 0.15) is 0 Å². The smallest absolute Gasteiger partial charge is 0.241 e. The maximum atomic E-state index is 12.2. The summed E-state index contributed by atoms with van der Waals surface area (Å²) < 4.78 is 36.6. The lowest BCUT2D eigenvalue weighted by Crippen LogP contribution is -2.41. The summed E-state index contributed by atoms with van der Waals surface area (Å²) in [6.45, 7) is 1.48. The van der Waals surface area contributed by atoms with Crippen LogP contribution in [0.5, 0.6) is 11.5 Å². The van der Waals surface area contributed by atoms with Crippen LogP contribution in [0.25, 0.3) is 0 Å². The molecule has 3 N–H and O–H groups in total. The van der Waals surface area contributed by atoms with Gasteiger partial charge in [0, 0.05) is 12.6 Å². The first-order valence-corrected chi connectivity index (χ1v) is 8.57. The number of rotatable bonds is 9. The molecule has 0 aromatic heterocycles. The molecule has 134 valence electrons. The van der Waals surface area contributed by atoms with E-state index < -0.39 is 22.5 Å². The standard InChI is InChI=1S/C14H21N3O6S/c1-4-15-13(18)8-16-14(19)9-17-24(20,21)10-5-6-11(22-2)12(7-10)23-3/h5-7,17H,4,8-9H2,1-3H3,(H,15,18)(H,16,19). The van der Waals surface area contributed by atoms with Gasteiger partial charge in [-0.25, -0.2) is 13.1 Å². The van der Waals surface area contributed by atoms with Crippen molar-refractivity contribution in [2.45, 2.75) is 11.8 Å². The average molecular weight is 359 g/mol. The Morgan fingerprint density at radius 1 is 1.00 bits per heavy atom. The van der Waals surface area contributed by atoms with Crippen LogP contribution in [0.4, 0.5) is 0 Å². The first-order valence-electron chi connectivity index (χ1n) is 7.09. The number of benzene rings is 1. The van der Waals surface area contributed by atoms with Gasteiger partial charge in [0.25, 0.3) is 0 Å². The van der Waals surface area contributed by atoms with Gasteiger partial charge >= 0.3 is 0 Å². The quantitative estimate of drug-likeness (QED) is 0.532. The first kappa shape index (κ1) is 19.7. The summed E-state index contributed by atoms with van der Waals surface area (Å²) in [4.78, 5) is 22.7. The molecule has 0 saturated heterocycles. The van der Waals surface area contributed by atoms with Crippen LogP contribution in [0.2, 0.25) is 0 Å². The number of sulfonamides is 1. The minimum absolute atomic E-state index is 0.0725. The molecule has 1 aromatic carbocycles. The second kappa shape index (κ2) is 9.08. The first-order chi connectivity index (χ1) is 11.3. The minimum atomic E-state index is -3.91. The number of ether oxygens (including phenoxy) is 2. The molecule has 0 bridgehead atoms. The second-order valence-corrected chi connectivity index (χ2v) is 6.34. The van der Waals surface area contributed by atoms with Gasteiger partial charge < -0.3 is 20.1 Å². The van der Waals surface area contributed by atoms with Crippen LogP contribution in [0.15, 0.2) is 23.1 Å². The van der Waals surface area contributed by atoms with Gasteiger partial charge in [0.2, 0.25) is 21.8 Å². The number of hydrogen-bond donors (Lipinski definition) is 3. The third kappa shape index (κ3) is 5.70. The molecule has 0 aliphatic heterocycles. The molecule has 0 spiro atoms. The van der Waals surface area contributed by atoms with E-state index in [2.05, 4.69) is 15.4 Å². The van der Waals surface area contributed by atoms with Crippen LogP contribution in [0.1, 0.15) is 6.92 Å². The van der Waals surface area contributed by atoms with E-state index in [-0.39, 0.29) is 23.1 Å². The predicted octanol–water partition coefficient (Wildman–Crippen LogP) is -0.766. The normalized spacial score (nSPS) is 10.8. The van der Waals surface area contributed by atoms with E-state index in [1.807, 2.05) is 0 Å². The van der Waals surface area contributed by atoms with Gasteiger partial charge in [-0.2, -0.15) is 0 Å². The van der Waals surface area contributed by atoms with E-state index >= 15 is 0 Å². The molecular formula is C14H21N3O6S. The molecule has 0 unspecified atom stereocenters. The summed E-state index contributed by atoms with van der Waals surface area (Å²) in [5, 5.41) is 4.81. The number of amides is 2. The summed E-state index contributed by atoms with van der Waals surface area (Å²) >= 11 is 0. The van der Waals surface area contributed by atoms with E-state index in [0.29, 0.717) is 12.3 Å². The van der Waals surface area contributed by atoms with Crippen LogP contribution >= 0.6 is 0 Å². The zero-order valence-electron chi connectivity index (χ0n) is 13.7. The molecular weight excluding hydrogens is 338 g/mol. The zero-order valence-corrected chi connectivity index (χ0v) is 14.5. The number of carbonyl (C=O) groups excluding carboxylic acids is 2. The fraction of sp³-hybridized carbons (Fsp3) is 0.429. The highest BCUT2D eigenvalue weighted by atomic mass is 32.2. The Labute approximate surface area is 140 Å². The molecule has 10 heteroatoms. The predicted molar refractivity (Wildman–Crippen MR) is 86.4 cm³/mol. The third-order valence-corrected chi connectivity index (χ3v) is 4.31. The van der Waals surface area contributed by atoms with Gasteiger partial charge in [-0.1, -0.05) is 0 Å². The molecule has 1 aromatic rings. The molecule has 0 saturated carbocycles. The molecule has 0 aliphatic carbocycles. The highest BCUT2D eigenvalue weighted by molar-refractivity contribution is 7.89.